The van der Waals surface area contributed by atoms with Gasteiger partial charge >= 0.3 is 0 Å². The van der Waals surface area contributed by atoms with E-state index in [-0.39, 0.29) is 6.79 Å². The molecule has 0 radical (unpaired) electrons. The fraction of sp³-hybridized carbons (Fsp3) is 0.500. The average Bonchev–Trinajstić information content (AvgIpc) is 3.16. The second kappa shape index (κ2) is 8.72. The highest BCUT2D eigenvalue weighted by molar-refractivity contribution is 5.44. The molecule has 150 valence electrons. The maximum atomic E-state index is 9.95. The molecule has 0 saturated carbocycles. The Balaban J connectivity index is 1.47. The van der Waals surface area contributed by atoms with Crippen LogP contribution in [-0.4, -0.2) is 65.7 Å². The highest BCUT2D eigenvalue weighted by Gasteiger charge is 2.18. The molecule has 8 heteroatoms. The molecule has 0 unspecified atom stereocenters. The van der Waals surface area contributed by atoms with E-state index < -0.39 is 6.10 Å². The molecule has 1 aromatic heterocycles. The zero-order valence-corrected chi connectivity index (χ0v) is 16.1. The third kappa shape index (κ3) is 4.70. The van der Waals surface area contributed by atoms with Gasteiger partial charge in [0.1, 0.15) is 0 Å². The largest absolute Gasteiger partial charge is 0.454 e. The molecular weight excluding hydrogens is 360 g/mol. The molecule has 0 bridgehead atoms. The van der Waals surface area contributed by atoms with Gasteiger partial charge in [0.2, 0.25) is 12.7 Å². The monoisotopic (exact) mass is 386 g/mol. The van der Waals surface area contributed by atoms with Crippen LogP contribution in [0.1, 0.15) is 18.2 Å². The Morgan fingerprint density at radius 2 is 1.96 bits per heavy atom. The molecule has 0 amide bonds. The zero-order valence-electron chi connectivity index (χ0n) is 16.1. The van der Waals surface area contributed by atoms with Crippen LogP contribution in [0.3, 0.4) is 0 Å². The van der Waals surface area contributed by atoms with Gasteiger partial charge in [0, 0.05) is 38.9 Å². The van der Waals surface area contributed by atoms with Crippen molar-refractivity contribution in [3.8, 4) is 11.5 Å². The van der Waals surface area contributed by atoms with Gasteiger partial charge in [-0.1, -0.05) is 6.07 Å². The summed E-state index contributed by atoms with van der Waals surface area (Å²) in [5.41, 5.74) is 2.03. The van der Waals surface area contributed by atoms with Gasteiger partial charge in [-0.15, -0.1) is 0 Å². The van der Waals surface area contributed by atoms with Crippen molar-refractivity contribution in [2.45, 2.75) is 26.1 Å². The second-order valence-corrected chi connectivity index (χ2v) is 7.15. The van der Waals surface area contributed by atoms with Gasteiger partial charge < -0.3 is 24.2 Å². The predicted octanol–water partition coefficient (Wildman–Crippen LogP) is 1.42. The lowest BCUT2D eigenvalue weighted by Gasteiger charge is -2.27. The van der Waals surface area contributed by atoms with Crippen molar-refractivity contribution in [2.75, 3.05) is 44.5 Å². The standard InChI is InChI=1S/C20H26N4O4/c1-15(25)11-23(12-16-2-3-18-19(10-16)28-14-27-18)13-17-4-5-21-20(22-17)24-6-8-26-9-7-24/h2-5,10,15,25H,6-9,11-14H2,1H3/t15-/m0/s1. The van der Waals surface area contributed by atoms with Gasteiger partial charge in [0.25, 0.3) is 0 Å². The number of benzene rings is 1. The minimum atomic E-state index is -0.436. The molecule has 3 heterocycles. The van der Waals surface area contributed by atoms with E-state index in [1.165, 1.54) is 0 Å². The SMILES string of the molecule is C[C@H](O)CN(Cc1ccc2c(c1)OCO2)Cc1ccnc(N2CCOCC2)n1. The summed E-state index contributed by atoms with van der Waals surface area (Å²) in [5, 5.41) is 9.95. The summed E-state index contributed by atoms with van der Waals surface area (Å²) in [6, 6.07) is 7.89. The third-order valence-corrected chi connectivity index (χ3v) is 4.75. The molecule has 1 aromatic carbocycles. The Labute approximate surface area is 164 Å². The van der Waals surface area contributed by atoms with Gasteiger partial charge in [-0.3, -0.25) is 4.90 Å². The number of hydrogen-bond acceptors (Lipinski definition) is 8. The number of ether oxygens (including phenoxy) is 3. The van der Waals surface area contributed by atoms with E-state index in [0.717, 1.165) is 41.8 Å². The Hall–Kier alpha value is -2.42. The quantitative estimate of drug-likeness (QED) is 0.766. The topological polar surface area (TPSA) is 80.2 Å². The van der Waals surface area contributed by atoms with Crippen LogP contribution in [0.5, 0.6) is 11.5 Å². The fourth-order valence-electron chi connectivity index (χ4n) is 3.47. The van der Waals surface area contributed by atoms with E-state index in [1.54, 1.807) is 13.1 Å². The van der Waals surface area contributed by atoms with E-state index in [4.69, 9.17) is 19.2 Å². The summed E-state index contributed by atoms with van der Waals surface area (Å²) >= 11 is 0. The Morgan fingerprint density at radius 1 is 1.14 bits per heavy atom. The lowest BCUT2D eigenvalue weighted by Crippen LogP contribution is -2.37. The molecule has 0 spiro atoms. The lowest BCUT2D eigenvalue weighted by molar-refractivity contribution is 0.117. The van der Waals surface area contributed by atoms with E-state index >= 15 is 0 Å². The molecule has 1 fully saturated rings. The summed E-state index contributed by atoms with van der Waals surface area (Å²) in [5.74, 6) is 2.28. The number of aliphatic hydroxyl groups is 1. The smallest absolute Gasteiger partial charge is 0.231 e. The molecule has 1 N–H and O–H groups in total. The first-order valence-corrected chi connectivity index (χ1v) is 9.61. The first kappa shape index (κ1) is 18.9. The number of aromatic nitrogens is 2. The van der Waals surface area contributed by atoms with Crippen molar-refractivity contribution in [1.29, 1.82) is 0 Å². The lowest BCUT2D eigenvalue weighted by atomic mass is 10.1. The molecule has 1 atom stereocenters. The van der Waals surface area contributed by atoms with Crippen molar-refractivity contribution >= 4 is 5.95 Å². The van der Waals surface area contributed by atoms with Crippen LogP contribution in [0.15, 0.2) is 30.5 Å². The summed E-state index contributed by atoms with van der Waals surface area (Å²) in [6.07, 6.45) is 1.36. The van der Waals surface area contributed by atoms with Gasteiger partial charge in [-0.2, -0.15) is 0 Å². The molecule has 28 heavy (non-hydrogen) atoms. The van der Waals surface area contributed by atoms with Crippen LogP contribution in [0.4, 0.5) is 5.95 Å². The highest BCUT2D eigenvalue weighted by Crippen LogP contribution is 2.32. The normalized spacial score (nSPS) is 17.2. The predicted molar refractivity (Wildman–Crippen MR) is 103 cm³/mol. The Kier molecular flexibility index (Phi) is 5.90. The van der Waals surface area contributed by atoms with E-state index in [9.17, 15) is 5.11 Å². The number of aliphatic hydroxyl groups excluding tert-OH is 1. The number of hydrogen-bond donors (Lipinski definition) is 1. The molecule has 1 saturated heterocycles. The fourth-order valence-corrected chi connectivity index (χ4v) is 3.47. The summed E-state index contributed by atoms with van der Waals surface area (Å²) in [4.78, 5) is 13.5. The van der Waals surface area contributed by atoms with E-state index in [0.29, 0.717) is 32.8 Å². The van der Waals surface area contributed by atoms with Crippen LogP contribution in [0.25, 0.3) is 0 Å². The van der Waals surface area contributed by atoms with Crippen LogP contribution in [0.2, 0.25) is 0 Å². The first-order chi connectivity index (χ1) is 13.7. The maximum Gasteiger partial charge on any atom is 0.231 e. The molecule has 4 rings (SSSR count). The summed E-state index contributed by atoms with van der Waals surface area (Å²) in [6.45, 7) is 6.92. The van der Waals surface area contributed by atoms with Crippen molar-refractivity contribution < 1.29 is 19.3 Å². The highest BCUT2D eigenvalue weighted by atomic mass is 16.7. The minimum Gasteiger partial charge on any atom is -0.454 e. The van der Waals surface area contributed by atoms with Gasteiger partial charge in [0.05, 0.1) is 25.0 Å². The zero-order chi connectivity index (χ0) is 19.3. The van der Waals surface area contributed by atoms with Crippen LogP contribution in [0, 0.1) is 0 Å². The second-order valence-electron chi connectivity index (χ2n) is 7.15. The maximum absolute atomic E-state index is 9.95. The molecule has 2 aromatic rings. The minimum absolute atomic E-state index is 0.265. The number of rotatable bonds is 7. The van der Waals surface area contributed by atoms with E-state index in [1.807, 2.05) is 24.3 Å². The number of fused-ring (bicyclic) bond motifs is 1. The number of nitrogens with zero attached hydrogens (tertiary/aromatic N) is 4. The van der Waals surface area contributed by atoms with Crippen LogP contribution >= 0.6 is 0 Å². The summed E-state index contributed by atoms with van der Waals surface area (Å²) < 4.78 is 16.3. The van der Waals surface area contributed by atoms with Gasteiger partial charge in [-0.05, 0) is 30.7 Å². The van der Waals surface area contributed by atoms with Gasteiger partial charge in [0.15, 0.2) is 11.5 Å². The molecule has 0 aliphatic carbocycles. The van der Waals surface area contributed by atoms with Gasteiger partial charge in [-0.25, -0.2) is 9.97 Å². The Morgan fingerprint density at radius 3 is 2.79 bits per heavy atom. The molecular formula is C20H26N4O4. The number of anilines is 1. The van der Waals surface area contributed by atoms with Crippen molar-refractivity contribution in [2.24, 2.45) is 0 Å². The molecule has 8 nitrogen and oxygen atoms in total. The van der Waals surface area contributed by atoms with Crippen molar-refractivity contribution in [1.82, 2.24) is 14.9 Å². The Bertz CT molecular complexity index is 796. The van der Waals surface area contributed by atoms with Crippen molar-refractivity contribution in [3.63, 3.8) is 0 Å². The average molecular weight is 386 g/mol. The first-order valence-electron chi connectivity index (χ1n) is 9.61. The van der Waals surface area contributed by atoms with Crippen LogP contribution in [-0.2, 0) is 17.8 Å². The van der Waals surface area contributed by atoms with E-state index in [2.05, 4.69) is 14.8 Å². The number of morpholine rings is 1. The molecule has 2 aliphatic heterocycles. The van der Waals surface area contributed by atoms with Crippen LogP contribution < -0.4 is 14.4 Å². The third-order valence-electron chi connectivity index (χ3n) is 4.75. The van der Waals surface area contributed by atoms with Crippen molar-refractivity contribution in [3.05, 3.63) is 41.7 Å². The molecule has 2 aliphatic rings. The summed E-state index contributed by atoms with van der Waals surface area (Å²) in [7, 11) is 0.